The van der Waals surface area contributed by atoms with Gasteiger partial charge in [-0.05, 0) is 55.2 Å². The van der Waals surface area contributed by atoms with E-state index in [0.717, 1.165) is 0 Å². The molecule has 4 aromatic carbocycles. The summed E-state index contributed by atoms with van der Waals surface area (Å²) in [6.07, 6.45) is 2.32. The van der Waals surface area contributed by atoms with E-state index in [2.05, 4.69) is 6.58 Å². The van der Waals surface area contributed by atoms with Crippen molar-refractivity contribution in [2.45, 2.75) is 0 Å². The number of rotatable bonds is 10. The van der Waals surface area contributed by atoms with Gasteiger partial charge in [-0.3, -0.25) is 0 Å². The van der Waals surface area contributed by atoms with Gasteiger partial charge in [0, 0.05) is 6.16 Å². The SMILES string of the molecule is C=CCP1(C)=NP(Oc2ccccc2)(Oc2ccccc2)=NP(Oc2ccccc2)(Oc2ccccc2)=N1. The number of hydrogen-bond acceptors (Lipinski definition) is 7. The lowest BCUT2D eigenvalue weighted by molar-refractivity contribution is 0.460. The third-order valence-electron chi connectivity index (χ3n) is 5.18. The maximum absolute atomic E-state index is 6.58. The Hall–Kier alpha value is -3.49. The smallest absolute Gasteiger partial charge is 0.413 e. The van der Waals surface area contributed by atoms with Gasteiger partial charge in [-0.25, -0.2) is 0 Å². The molecule has 1 aliphatic heterocycles. The van der Waals surface area contributed by atoms with E-state index < -0.39 is 22.5 Å². The quantitative estimate of drug-likeness (QED) is 0.142. The van der Waals surface area contributed by atoms with Crippen LogP contribution in [0.5, 0.6) is 23.0 Å². The molecule has 0 bridgehead atoms. The minimum atomic E-state index is -3.42. The first-order valence-corrected chi connectivity index (χ1v) is 17.4. The van der Waals surface area contributed by atoms with Gasteiger partial charge in [-0.2, -0.15) is 9.03 Å². The minimum absolute atomic E-state index is 0.513. The third-order valence-corrected chi connectivity index (χ3v) is 14.6. The molecule has 0 fully saturated rings. The Morgan fingerprint density at radius 2 is 0.842 bits per heavy atom. The molecule has 38 heavy (non-hydrogen) atoms. The average molecular weight is 563 g/mol. The van der Waals surface area contributed by atoms with E-state index in [9.17, 15) is 0 Å². The van der Waals surface area contributed by atoms with Crippen molar-refractivity contribution in [1.82, 2.24) is 0 Å². The predicted octanol–water partition coefficient (Wildman–Crippen LogP) is 10.1. The zero-order chi connectivity index (χ0) is 26.3. The van der Waals surface area contributed by atoms with Gasteiger partial charge >= 0.3 is 15.3 Å². The number of hydrogen-bond donors (Lipinski definition) is 0. The third kappa shape index (κ3) is 6.49. The van der Waals surface area contributed by atoms with Gasteiger partial charge in [-0.15, -0.1) is 6.58 Å². The van der Waals surface area contributed by atoms with Crippen LogP contribution in [0.1, 0.15) is 0 Å². The fraction of sp³-hybridized carbons (Fsp3) is 0.0714. The van der Waals surface area contributed by atoms with E-state index in [1.165, 1.54) is 0 Å². The fourth-order valence-electron chi connectivity index (χ4n) is 3.66. The highest BCUT2D eigenvalue weighted by Crippen LogP contribution is 2.77. The molecule has 0 amide bonds. The summed E-state index contributed by atoms with van der Waals surface area (Å²) in [6.45, 7) is 5.97. The first-order valence-electron chi connectivity index (χ1n) is 12.0. The Bertz CT molecular complexity index is 1370. The molecule has 1 atom stereocenters. The van der Waals surface area contributed by atoms with Crippen molar-refractivity contribution in [1.29, 1.82) is 0 Å². The fourth-order valence-corrected chi connectivity index (χ4v) is 14.0. The zero-order valence-corrected chi connectivity index (χ0v) is 23.5. The number of benzene rings is 4. The molecule has 0 radical (unpaired) electrons. The molecule has 5 rings (SSSR count). The summed E-state index contributed by atoms with van der Waals surface area (Å²) in [4.78, 5) is 0. The van der Waals surface area contributed by atoms with E-state index in [0.29, 0.717) is 29.2 Å². The van der Waals surface area contributed by atoms with E-state index in [1.807, 2.05) is 134 Å². The number of para-hydroxylation sites is 4. The summed E-state index contributed by atoms with van der Waals surface area (Å²) in [7, 11) is -9.36. The van der Waals surface area contributed by atoms with Crippen LogP contribution in [-0.4, -0.2) is 12.8 Å². The van der Waals surface area contributed by atoms with Crippen molar-refractivity contribution in [3.63, 3.8) is 0 Å². The van der Waals surface area contributed by atoms with Gasteiger partial charge in [-0.1, -0.05) is 83.4 Å². The van der Waals surface area contributed by atoms with Crippen molar-refractivity contribution < 1.29 is 18.1 Å². The van der Waals surface area contributed by atoms with Crippen LogP contribution in [0, 0.1) is 0 Å². The summed E-state index contributed by atoms with van der Waals surface area (Å²) >= 11 is 0. The normalized spacial score (nSPS) is 19.0. The molecular formula is C28H28N3O4P3. The molecule has 4 aromatic rings. The van der Waals surface area contributed by atoms with Gasteiger partial charge in [0.1, 0.15) is 23.0 Å². The lowest BCUT2D eigenvalue weighted by atomic mass is 10.3. The Balaban J connectivity index is 1.77. The van der Waals surface area contributed by atoms with E-state index in [-0.39, 0.29) is 0 Å². The second-order valence-corrected chi connectivity index (χ2v) is 15.8. The van der Waals surface area contributed by atoms with Crippen LogP contribution in [-0.2, 0) is 0 Å². The summed E-state index contributed by atoms with van der Waals surface area (Å²) in [5, 5.41) is 0. The highest BCUT2D eigenvalue weighted by atomic mass is 31.3. The summed E-state index contributed by atoms with van der Waals surface area (Å²) in [6, 6.07) is 37.7. The second-order valence-electron chi connectivity index (χ2n) is 8.43. The Kier molecular flexibility index (Phi) is 7.90. The van der Waals surface area contributed by atoms with Gasteiger partial charge < -0.3 is 18.1 Å². The first-order chi connectivity index (χ1) is 18.5. The van der Waals surface area contributed by atoms with Crippen LogP contribution in [0.2, 0.25) is 0 Å². The summed E-state index contributed by atoms with van der Waals surface area (Å²) in [5.41, 5.74) is 0. The van der Waals surface area contributed by atoms with Crippen LogP contribution < -0.4 is 18.1 Å². The molecule has 0 N–H and O–H groups in total. The van der Waals surface area contributed by atoms with Crippen LogP contribution in [0.3, 0.4) is 0 Å². The Labute approximate surface area is 223 Å². The molecule has 0 aromatic heterocycles. The number of nitrogens with zero attached hydrogens (tertiary/aromatic N) is 3. The average Bonchev–Trinajstić information content (AvgIpc) is 2.90. The van der Waals surface area contributed by atoms with Crippen molar-refractivity contribution in [3.05, 3.63) is 134 Å². The first kappa shape index (κ1) is 26.1. The standard InChI is InChI=1S/C28H28N3O4P3/c1-3-24-36(2)29-37(32-25-16-8-4-9-17-25,33-26-18-10-5-11-19-26)31-38(30-36,34-27-20-12-6-13-21-27)35-28-22-14-7-15-23-28/h3-23H,1,24H2,2H3. The maximum Gasteiger partial charge on any atom is 0.455 e. The lowest BCUT2D eigenvalue weighted by Crippen LogP contribution is -2.08. The molecular weight excluding hydrogens is 535 g/mol. The molecule has 0 aliphatic carbocycles. The van der Waals surface area contributed by atoms with Gasteiger partial charge in [0.25, 0.3) is 0 Å². The Morgan fingerprint density at radius 3 is 1.16 bits per heavy atom. The molecule has 0 spiro atoms. The van der Waals surface area contributed by atoms with Crippen LogP contribution in [0.4, 0.5) is 0 Å². The highest BCUT2D eigenvalue weighted by molar-refractivity contribution is 7.82. The van der Waals surface area contributed by atoms with Gasteiger partial charge in [0.15, 0.2) is 0 Å². The van der Waals surface area contributed by atoms with Gasteiger partial charge in [0.2, 0.25) is 0 Å². The second kappa shape index (κ2) is 11.5. The van der Waals surface area contributed by atoms with Crippen LogP contribution >= 0.6 is 22.5 Å². The Morgan fingerprint density at radius 1 is 0.526 bits per heavy atom. The van der Waals surface area contributed by atoms with E-state index in [1.54, 1.807) is 0 Å². The summed E-state index contributed by atoms with van der Waals surface area (Å²) < 4.78 is 41.7. The highest BCUT2D eigenvalue weighted by Gasteiger charge is 2.43. The van der Waals surface area contributed by atoms with Crippen molar-refractivity contribution >= 4 is 22.5 Å². The minimum Gasteiger partial charge on any atom is -0.413 e. The molecule has 1 unspecified atom stereocenters. The van der Waals surface area contributed by atoms with Crippen molar-refractivity contribution in [2.24, 2.45) is 13.5 Å². The molecule has 194 valence electrons. The molecule has 7 nitrogen and oxygen atoms in total. The van der Waals surface area contributed by atoms with Crippen LogP contribution in [0.25, 0.3) is 0 Å². The molecule has 0 saturated carbocycles. The molecule has 10 heteroatoms. The topological polar surface area (TPSA) is 74.0 Å². The number of allylic oxidation sites excluding steroid dienone is 1. The van der Waals surface area contributed by atoms with Gasteiger partial charge in [0.05, 0.1) is 7.21 Å². The monoisotopic (exact) mass is 563 g/mol. The van der Waals surface area contributed by atoms with Crippen LogP contribution in [0.15, 0.2) is 148 Å². The largest absolute Gasteiger partial charge is 0.455 e. The van der Waals surface area contributed by atoms with Crippen molar-refractivity contribution in [3.8, 4) is 23.0 Å². The maximum atomic E-state index is 6.58. The van der Waals surface area contributed by atoms with Crippen molar-refractivity contribution in [2.75, 3.05) is 12.8 Å². The van der Waals surface area contributed by atoms with E-state index >= 15 is 0 Å². The lowest BCUT2D eigenvalue weighted by Gasteiger charge is -2.32. The molecule has 1 heterocycles. The predicted molar refractivity (Wildman–Crippen MR) is 157 cm³/mol. The molecule has 0 saturated heterocycles. The molecule has 1 aliphatic rings. The summed E-state index contributed by atoms with van der Waals surface area (Å²) in [5.74, 6) is 2.31. The van der Waals surface area contributed by atoms with E-state index in [4.69, 9.17) is 31.6 Å². The zero-order valence-electron chi connectivity index (χ0n) is 20.9.